The van der Waals surface area contributed by atoms with Crippen LogP contribution in [-0.4, -0.2) is 22.6 Å². The van der Waals surface area contributed by atoms with Crippen molar-refractivity contribution in [2.75, 3.05) is 0 Å². The largest absolute Gasteiger partial charge is 0.481 e. The second-order valence-corrected chi connectivity index (χ2v) is 4.46. The van der Waals surface area contributed by atoms with Crippen molar-refractivity contribution in [3.05, 3.63) is 0 Å². The molecule has 1 atom stereocenters. The van der Waals surface area contributed by atoms with Crippen LogP contribution in [0.1, 0.15) is 33.6 Å². The Balaban J connectivity index is 3.89. The van der Waals surface area contributed by atoms with Gasteiger partial charge in [-0.25, -0.2) is 0 Å². The number of hydrogen-bond donors (Lipinski definition) is 1. The quantitative estimate of drug-likeness (QED) is 0.584. The van der Waals surface area contributed by atoms with Gasteiger partial charge in [-0.1, -0.05) is 32.4 Å². The predicted octanol–water partition coefficient (Wildman–Crippen LogP) is 2.01. The Morgan fingerprint density at radius 3 is 2.21 bits per heavy atom. The van der Waals surface area contributed by atoms with Gasteiger partial charge in [-0.3, -0.25) is 9.59 Å². The summed E-state index contributed by atoms with van der Waals surface area (Å²) >= 11 is 5.78. The van der Waals surface area contributed by atoms with E-state index in [0.29, 0.717) is 0 Å². The first-order valence-electron chi connectivity index (χ1n) is 4.29. The number of carboxylic acids is 1. The van der Waals surface area contributed by atoms with E-state index >= 15 is 0 Å². The highest BCUT2D eigenvalue weighted by Gasteiger charge is 2.25. The van der Waals surface area contributed by atoms with Gasteiger partial charge in [-0.05, 0) is 0 Å². The normalized spacial score (nSPS) is 13.4. The maximum absolute atomic E-state index is 11.0. The number of carboxylic acid groups (broad SMARTS) is 1. The van der Waals surface area contributed by atoms with Gasteiger partial charge in [0.15, 0.2) is 5.56 Å². The Labute approximate surface area is 88.2 Å². The summed E-state index contributed by atoms with van der Waals surface area (Å²) in [4.78, 5) is 21.2. The van der Waals surface area contributed by atoms with Crippen molar-refractivity contribution in [1.29, 1.82) is 0 Å². The molecule has 82 valence electrons. The van der Waals surface area contributed by atoms with Crippen molar-refractivity contribution in [3.8, 4) is 0 Å². The van der Waals surface area contributed by atoms with Crippen molar-refractivity contribution < 1.29 is 19.4 Å². The Morgan fingerprint density at radius 2 is 1.86 bits per heavy atom. The summed E-state index contributed by atoms with van der Waals surface area (Å²) in [6.07, 6.45) is -0.374. The lowest BCUT2D eigenvalue weighted by Crippen LogP contribution is -2.26. The topological polar surface area (TPSA) is 63.6 Å². The highest BCUT2D eigenvalue weighted by Crippen LogP contribution is 2.25. The van der Waals surface area contributed by atoms with E-state index in [1.165, 1.54) is 0 Å². The van der Waals surface area contributed by atoms with Gasteiger partial charge in [0.1, 0.15) is 0 Å². The van der Waals surface area contributed by atoms with Gasteiger partial charge in [0.25, 0.3) is 0 Å². The van der Waals surface area contributed by atoms with Crippen molar-refractivity contribution in [1.82, 2.24) is 0 Å². The summed E-state index contributed by atoms with van der Waals surface area (Å²) in [5, 5.41) is 8.32. The summed E-state index contributed by atoms with van der Waals surface area (Å²) in [5.74, 6) is -1.61. The average Bonchev–Trinajstić information content (AvgIpc) is 1.99. The minimum Gasteiger partial charge on any atom is -0.481 e. The number of carbonyl (C=O) groups is 2. The monoisotopic (exact) mass is 222 g/mol. The van der Waals surface area contributed by atoms with Crippen LogP contribution < -0.4 is 0 Å². The molecule has 0 spiro atoms. The lowest BCUT2D eigenvalue weighted by Gasteiger charge is -2.24. The van der Waals surface area contributed by atoms with Crippen molar-refractivity contribution in [3.63, 3.8) is 0 Å². The van der Waals surface area contributed by atoms with Gasteiger partial charge in [0, 0.05) is 5.41 Å². The number of carbonyl (C=O) groups excluding carboxylic acids is 1. The van der Waals surface area contributed by atoms with Gasteiger partial charge in [-0.15, -0.1) is 0 Å². The molecule has 0 amide bonds. The molecule has 0 heterocycles. The van der Waals surface area contributed by atoms with E-state index < -0.39 is 17.5 Å². The van der Waals surface area contributed by atoms with Crippen LogP contribution in [0, 0.1) is 5.41 Å². The zero-order chi connectivity index (χ0) is 11.4. The summed E-state index contributed by atoms with van der Waals surface area (Å²) in [6.45, 7) is 5.49. The predicted molar refractivity (Wildman–Crippen MR) is 52.1 cm³/mol. The van der Waals surface area contributed by atoms with E-state index in [0.717, 1.165) is 0 Å². The van der Waals surface area contributed by atoms with Crippen LogP contribution in [0.3, 0.4) is 0 Å². The second-order valence-electron chi connectivity index (χ2n) is 4.07. The Morgan fingerprint density at radius 1 is 1.36 bits per heavy atom. The number of alkyl halides is 1. The van der Waals surface area contributed by atoms with E-state index in [1.807, 2.05) is 20.8 Å². The Bertz CT molecular complexity index is 219. The molecule has 14 heavy (non-hydrogen) atoms. The summed E-state index contributed by atoms with van der Waals surface area (Å²) in [7, 11) is 0. The summed E-state index contributed by atoms with van der Waals surface area (Å²) < 4.78 is 4.83. The van der Waals surface area contributed by atoms with Crippen molar-refractivity contribution >= 4 is 23.5 Å². The van der Waals surface area contributed by atoms with E-state index in [9.17, 15) is 9.59 Å². The van der Waals surface area contributed by atoms with Gasteiger partial charge < -0.3 is 9.84 Å². The van der Waals surface area contributed by atoms with Crippen LogP contribution in [-0.2, 0) is 14.3 Å². The first-order chi connectivity index (χ1) is 6.23. The van der Waals surface area contributed by atoms with Crippen LogP contribution in [0.15, 0.2) is 0 Å². The standard InChI is InChI=1S/C9H15ClO4/c1-9(2,3)8(10)14-7(13)5-4-6(11)12/h8H,4-5H2,1-3H3,(H,11,12). The maximum atomic E-state index is 11.0. The third-order valence-electron chi connectivity index (χ3n) is 1.46. The second kappa shape index (κ2) is 5.20. The number of ether oxygens (including phenoxy) is 1. The molecule has 0 bridgehead atoms. The van der Waals surface area contributed by atoms with Crippen LogP contribution in [0.25, 0.3) is 0 Å². The van der Waals surface area contributed by atoms with Gasteiger partial charge in [0.05, 0.1) is 12.8 Å². The molecular formula is C9H15ClO4. The molecule has 5 heteroatoms. The molecule has 0 fully saturated rings. The van der Waals surface area contributed by atoms with Gasteiger partial charge >= 0.3 is 11.9 Å². The molecule has 0 aromatic carbocycles. The zero-order valence-electron chi connectivity index (χ0n) is 8.54. The molecular weight excluding hydrogens is 208 g/mol. The van der Waals surface area contributed by atoms with E-state index in [2.05, 4.69) is 0 Å². The number of esters is 1. The fourth-order valence-electron chi connectivity index (χ4n) is 0.560. The zero-order valence-corrected chi connectivity index (χ0v) is 9.30. The van der Waals surface area contributed by atoms with Crippen LogP contribution in [0.2, 0.25) is 0 Å². The molecule has 0 radical (unpaired) electrons. The smallest absolute Gasteiger partial charge is 0.307 e. The lowest BCUT2D eigenvalue weighted by molar-refractivity contribution is -0.152. The average molecular weight is 223 g/mol. The molecule has 4 nitrogen and oxygen atoms in total. The highest BCUT2D eigenvalue weighted by molar-refractivity contribution is 6.20. The van der Waals surface area contributed by atoms with E-state index in [4.69, 9.17) is 21.4 Å². The number of aliphatic carboxylic acids is 1. The fraction of sp³-hybridized carbons (Fsp3) is 0.778. The molecule has 0 saturated heterocycles. The molecule has 1 unspecified atom stereocenters. The van der Waals surface area contributed by atoms with Crippen LogP contribution in [0.5, 0.6) is 0 Å². The van der Waals surface area contributed by atoms with E-state index in [-0.39, 0.29) is 18.3 Å². The molecule has 0 rings (SSSR count). The summed E-state index contributed by atoms with van der Waals surface area (Å²) in [6, 6.07) is 0. The lowest BCUT2D eigenvalue weighted by atomic mass is 9.98. The van der Waals surface area contributed by atoms with Gasteiger partial charge in [-0.2, -0.15) is 0 Å². The number of halogens is 1. The Hall–Kier alpha value is -0.770. The molecule has 1 N–H and O–H groups in total. The maximum Gasteiger partial charge on any atom is 0.307 e. The minimum absolute atomic E-state index is 0.144. The van der Waals surface area contributed by atoms with Crippen molar-refractivity contribution in [2.45, 2.75) is 39.2 Å². The molecule has 0 aliphatic rings. The first-order valence-corrected chi connectivity index (χ1v) is 4.72. The van der Waals surface area contributed by atoms with Crippen LogP contribution in [0.4, 0.5) is 0 Å². The van der Waals surface area contributed by atoms with Gasteiger partial charge in [0.2, 0.25) is 0 Å². The van der Waals surface area contributed by atoms with E-state index in [1.54, 1.807) is 0 Å². The third-order valence-corrected chi connectivity index (χ3v) is 2.20. The first kappa shape index (κ1) is 13.2. The molecule has 0 saturated carbocycles. The minimum atomic E-state index is -1.02. The molecule has 0 aliphatic carbocycles. The highest BCUT2D eigenvalue weighted by atomic mass is 35.5. The van der Waals surface area contributed by atoms with Crippen LogP contribution >= 0.6 is 11.6 Å². The molecule has 0 aromatic heterocycles. The number of hydrogen-bond acceptors (Lipinski definition) is 3. The van der Waals surface area contributed by atoms with Crippen molar-refractivity contribution in [2.24, 2.45) is 5.41 Å². The third kappa shape index (κ3) is 5.80. The molecule has 0 aliphatic heterocycles. The number of rotatable bonds is 4. The molecule has 0 aromatic rings. The fourth-order valence-corrected chi connectivity index (χ4v) is 0.659. The summed E-state index contributed by atoms with van der Waals surface area (Å²) in [5.41, 5.74) is -1.08. The Kier molecular flexibility index (Phi) is 4.91. The SMILES string of the molecule is CC(C)(C)C(Cl)OC(=O)CCC(=O)O.